The van der Waals surface area contributed by atoms with Crippen molar-refractivity contribution >= 4 is 6.29 Å². The zero-order valence-electron chi connectivity index (χ0n) is 7.17. The van der Waals surface area contributed by atoms with Gasteiger partial charge in [0.15, 0.2) is 6.29 Å². The minimum atomic E-state index is -0.497. The fraction of sp³-hybridized carbons (Fsp3) is 0.875. The van der Waals surface area contributed by atoms with E-state index < -0.39 is 5.60 Å². The Morgan fingerprint density at radius 1 is 1.73 bits per heavy atom. The van der Waals surface area contributed by atoms with Gasteiger partial charge in [0.05, 0.1) is 0 Å². The molecular formula is C8H15NO2. The third-order valence-corrected chi connectivity index (χ3v) is 2.10. The molecule has 3 heteroatoms. The molecule has 0 aliphatic carbocycles. The number of carbonyl (C=O) groups excluding carboxylic acids is 1. The van der Waals surface area contributed by atoms with E-state index in [1.807, 2.05) is 14.0 Å². The normalized spacial score (nSPS) is 32.5. The van der Waals surface area contributed by atoms with E-state index in [0.29, 0.717) is 6.61 Å². The molecule has 0 N–H and O–H groups in total. The Morgan fingerprint density at radius 2 is 2.45 bits per heavy atom. The maximum absolute atomic E-state index is 10.7. The van der Waals surface area contributed by atoms with Crippen LogP contribution < -0.4 is 0 Å². The second-order valence-electron chi connectivity index (χ2n) is 3.10. The Balaban J connectivity index is 2.54. The predicted molar refractivity (Wildman–Crippen MR) is 42.5 cm³/mol. The summed E-state index contributed by atoms with van der Waals surface area (Å²) in [6.07, 6.45) is 1.78. The topological polar surface area (TPSA) is 29.5 Å². The van der Waals surface area contributed by atoms with Crippen LogP contribution >= 0.6 is 0 Å². The first-order valence-electron chi connectivity index (χ1n) is 4.01. The van der Waals surface area contributed by atoms with Gasteiger partial charge in [-0.15, -0.1) is 0 Å². The van der Waals surface area contributed by atoms with Crippen molar-refractivity contribution in [1.29, 1.82) is 0 Å². The van der Waals surface area contributed by atoms with E-state index >= 15 is 0 Å². The molecule has 0 spiro atoms. The maximum atomic E-state index is 10.7. The molecule has 11 heavy (non-hydrogen) atoms. The third-order valence-electron chi connectivity index (χ3n) is 2.10. The summed E-state index contributed by atoms with van der Waals surface area (Å²) in [5, 5.41) is 0. The number of aldehydes is 1. The summed E-state index contributed by atoms with van der Waals surface area (Å²) >= 11 is 0. The molecule has 1 fully saturated rings. The second kappa shape index (κ2) is 3.32. The van der Waals surface area contributed by atoms with E-state index in [2.05, 4.69) is 4.90 Å². The van der Waals surface area contributed by atoms with Crippen LogP contribution in [0.1, 0.15) is 13.3 Å². The van der Waals surface area contributed by atoms with Gasteiger partial charge in [-0.05, 0) is 20.4 Å². The van der Waals surface area contributed by atoms with Gasteiger partial charge in [-0.1, -0.05) is 0 Å². The number of likely N-dealkylation sites (tertiary alicyclic amines) is 1. The van der Waals surface area contributed by atoms with Crippen LogP contribution in [-0.2, 0) is 9.53 Å². The first kappa shape index (κ1) is 8.68. The molecule has 1 rings (SSSR count). The molecule has 3 nitrogen and oxygen atoms in total. The number of rotatable bonds is 3. The smallest absolute Gasteiger partial charge is 0.153 e. The van der Waals surface area contributed by atoms with Crippen LogP contribution in [-0.4, -0.2) is 43.5 Å². The summed E-state index contributed by atoms with van der Waals surface area (Å²) in [6.45, 7) is 4.24. The van der Waals surface area contributed by atoms with E-state index in [1.165, 1.54) is 0 Å². The molecular weight excluding hydrogens is 142 g/mol. The Morgan fingerprint density at radius 3 is 2.82 bits per heavy atom. The van der Waals surface area contributed by atoms with E-state index in [4.69, 9.17) is 4.74 Å². The number of nitrogens with zero attached hydrogens (tertiary/aromatic N) is 1. The standard InChI is InChI=1S/C8H15NO2/c1-3-11-8(7-10)4-5-9(2)6-8/h7H,3-6H2,1-2H3. The van der Waals surface area contributed by atoms with Gasteiger partial charge >= 0.3 is 0 Å². The average molecular weight is 157 g/mol. The summed E-state index contributed by atoms with van der Waals surface area (Å²) in [5.74, 6) is 0. The summed E-state index contributed by atoms with van der Waals surface area (Å²) in [7, 11) is 2.00. The van der Waals surface area contributed by atoms with Crippen molar-refractivity contribution in [2.24, 2.45) is 0 Å². The molecule has 0 saturated carbocycles. The second-order valence-corrected chi connectivity index (χ2v) is 3.10. The Labute approximate surface area is 67.3 Å². The summed E-state index contributed by atoms with van der Waals surface area (Å²) in [6, 6.07) is 0. The van der Waals surface area contributed by atoms with Crippen molar-refractivity contribution < 1.29 is 9.53 Å². The number of hydrogen-bond donors (Lipinski definition) is 0. The van der Waals surface area contributed by atoms with Crippen molar-refractivity contribution in [1.82, 2.24) is 4.90 Å². The lowest BCUT2D eigenvalue weighted by Crippen LogP contribution is -2.37. The lowest BCUT2D eigenvalue weighted by atomic mass is 10.1. The highest BCUT2D eigenvalue weighted by Gasteiger charge is 2.36. The summed E-state index contributed by atoms with van der Waals surface area (Å²) in [4.78, 5) is 12.8. The molecule has 1 atom stereocenters. The molecule has 0 bridgehead atoms. The Bertz CT molecular complexity index is 145. The van der Waals surface area contributed by atoms with Crippen LogP contribution in [0.4, 0.5) is 0 Å². The number of ether oxygens (including phenoxy) is 1. The monoisotopic (exact) mass is 157 g/mol. The molecule has 64 valence electrons. The van der Waals surface area contributed by atoms with Crippen molar-refractivity contribution in [2.45, 2.75) is 18.9 Å². The van der Waals surface area contributed by atoms with Crippen molar-refractivity contribution in [3.05, 3.63) is 0 Å². The fourth-order valence-electron chi connectivity index (χ4n) is 1.53. The van der Waals surface area contributed by atoms with Gasteiger partial charge in [-0.3, -0.25) is 0 Å². The minimum absolute atomic E-state index is 0.497. The first-order chi connectivity index (χ1) is 5.22. The minimum Gasteiger partial charge on any atom is -0.366 e. The molecule has 1 unspecified atom stereocenters. The molecule has 0 aromatic rings. The van der Waals surface area contributed by atoms with Crippen LogP contribution in [0.2, 0.25) is 0 Å². The van der Waals surface area contributed by atoms with Gasteiger partial charge in [0.1, 0.15) is 5.60 Å². The van der Waals surface area contributed by atoms with Crippen molar-refractivity contribution in [3.8, 4) is 0 Å². The summed E-state index contributed by atoms with van der Waals surface area (Å²) in [5.41, 5.74) is -0.497. The highest BCUT2D eigenvalue weighted by molar-refractivity contribution is 5.63. The van der Waals surface area contributed by atoms with E-state index in [-0.39, 0.29) is 0 Å². The van der Waals surface area contributed by atoms with Crippen molar-refractivity contribution in [2.75, 3.05) is 26.7 Å². The van der Waals surface area contributed by atoms with Crippen molar-refractivity contribution in [3.63, 3.8) is 0 Å². The molecule has 1 heterocycles. The highest BCUT2D eigenvalue weighted by atomic mass is 16.5. The molecule has 1 aliphatic heterocycles. The SMILES string of the molecule is CCOC1(C=O)CCN(C)C1. The van der Waals surface area contributed by atoms with Crippen LogP contribution in [0, 0.1) is 0 Å². The largest absolute Gasteiger partial charge is 0.366 e. The van der Waals surface area contributed by atoms with E-state index in [9.17, 15) is 4.79 Å². The van der Waals surface area contributed by atoms with E-state index in [0.717, 1.165) is 25.8 Å². The first-order valence-corrected chi connectivity index (χ1v) is 4.01. The summed E-state index contributed by atoms with van der Waals surface area (Å²) < 4.78 is 5.40. The molecule has 1 saturated heterocycles. The van der Waals surface area contributed by atoms with E-state index in [1.54, 1.807) is 0 Å². The molecule has 0 radical (unpaired) electrons. The molecule has 0 amide bonds. The van der Waals surface area contributed by atoms with Crippen LogP contribution in [0.5, 0.6) is 0 Å². The maximum Gasteiger partial charge on any atom is 0.153 e. The number of carbonyl (C=O) groups is 1. The van der Waals surface area contributed by atoms with Gasteiger partial charge < -0.3 is 14.4 Å². The van der Waals surface area contributed by atoms with Crippen LogP contribution in [0.3, 0.4) is 0 Å². The molecule has 1 aliphatic rings. The number of likely N-dealkylation sites (N-methyl/N-ethyl adjacent to an activating group) is 1. The molecule has 0 aromatic carbocycles. The van der Waals surface area contributed by atoms with Gasteiger partial charge in [-0.25, -0.2) is 0 Å². The van der Waals surface area contributed by atoms with Gasteiger partial charge in [-0.2, -0.15) is 0 Å². The predicted octanol–water partition coefficient (Wildman–Crippen LogP) is 0.296. The fourth-order valence-corrected chi connectivity index (χ4v) is 1.53. The Kier molecular flexibility index (Phi) is 2.62. The average Bonchev–Trinajstić information content (AvgIpc) is 2.34. The van der Waals surface area contributed by atoms with Crippen LogP contribution in [0.25, 0.3) is 0 Å². The zero-order valence-corrected chi connectivity index (χ0v) is 7.17. The number of hydrogen-bond acceptors (Lipinski definition) is 3. The zero-order chi connectivity index (χ0) is 8.32. The quantitative estimate of drug-likeness (QED) is 0.552. The van der Waals surface area contributed by atoms with Gasteiger partial charge in [0.2, 0.25) is 0 Å². The highest BCUT2D eigenvalue weighted by Crippen LogP contribution is 2.21. The molecule has 0 aromatic heterocycles. The van der Waals surface area contributed by atoms with Crippen LogP contribution in [0.15, 0.2) is 0 Å². The van der Waals surface area contributed by atoms with Gasteiger partial charge in [0.25, 0.3) is 0 Å². The van der Waals surface area contributed by atoms with Gasteiger partial charge in [0, 0.05) is 19.7 Å². The Hall–Kier alpha value is -0.410. The lowest BCUT2D eigenvalue weighted by molar-refractivity contribution is -0.129. The lowest BCUT2D eigenvalue weighted by Gasteiger charge is -2.21. The third kappa shape index (κ3) is 1.79.